The quantitative estimate of drug-likeness (QED) is 0.268. The average molecular weight is 684 g/mol. The Balaban J connectivity index is 0.000000169. The largest absolute Gasteiger partial charge is 0.366 e. The molecule has 4 aliphatic heterocycles. The van der Waals surface area contributed by atoms with Crippen LogP contribution < -0.4 is 22.5 Å². The number of nitrogens with two attached hydrogens (primary N) is 3. The number of hydrogen-bond acceptors (Lipinski definition) is 10. The third kappa shape index (κ3) is 8.93. The first-order chi connectivity index (χ1) is 21.1. The van der Waals surface area contributed by atoms with Gasteiger partial charge in [0, 0.05) is 47.6 Å². The number of primary amides is 2. The van der Waals surface area contributed by atoms with E-state index < -0.39 is 11.8 Å². The highest BCUT2D eigenvalue weighted by Crippen LogP contribution is 2.39. The molecule has 0 aliphatic carbocycles. The zero-order chi connectivity index (χ0) is 33.1. The first-order valence-corrected chi connectivity index (χ1v) is 16.6. The van der Waals surface area contributed by atoms with Crippen molar-refractivity contribution in [1.82, 2.24) is 29.7 Å². The highest BCUT2D eigenvalue weighted by molar-refractivity contribution is 6.34. The Morgan fingerprint density at radius 2 is 1.33 bits per heavy atom. The lowest BCUT2D eigenvalue weighted by Gasteiger charge is -2.47. The van der Waals surface area contributed by atoms with Crippen LogP contribution in [0.4, 0.5) is 5.82 Å². The molecule has 45 heavy (non-hydrogen) atoms. The topological polar surface area (TPSA) is 182 Å². The fraction of sp³-hybridized carbons (Fsp3) is 0.667. The van der Waals surface area contributed by atoms with Crippen LogP contribution in [0.5, 0.6) is 0 Å². The van der Waals surface area contributed by atoms with Crippen LogP contribution in [0.1, 0.15) is 99.8 Å². The average Bonchev–Trinajstić information content (AvgIpc) is 3.59. The van der Waals surface area contributed by atoms with E-state index in [9.17, 15) is 9.59 Å². The molecule has 0 spiro atoms. The second kappa shape index (κ2) is 14.6. The number of anilines is 1. The first kappa shape index (κ1) is 35.5. The van der Waals surface area contributed by atoms with Crippen LogP contribution in [0.25, 0.3) is 0 Å². The molecule has 2 amide bonds. The van der Waals surface area contributed by atoms with Crippen LogP contribution in [-0.2, 0) is 0 Å². The summed E-state index contributed by atoms with van der Waals surface area (Å²) in [6.07, 6.45) is 12.2. The molecule has 4 fully saturated rings. The van der Waals surface area contributed by atoms with Gasteiger partial charge >= 0.3 is 0 Å². The molecular weight excluding hydrogens is 639 g/mol. The summed E-state index contributed by atoms with van der Waals surface area (Å²) in [5, 5.41) is 3.45. The monoisotopic (exact) mass is 682 g/mol. The van der Waals surface area contributed by atoms with E-state index in [0.29, 0.717) is 23.4 Å². The van der Waals surface area contributed by atoms with Crippen LogP contribution in [0, 0.1) is 0 Å². The minimum absolute atomic E-state index is 0.0139. The number of rotatable bonds is 4. The number of fused-ring (bicyclic) bond motifs is 2. The Bertz CT molecular complexity index is 1380. The van der Waals surface area contributed by atoms with Crippen LogP contribution in [0.2, 0.25) is 15.7 Å². The van der Waals surface area contributed by atoms with Crippen LogP contribution in [0.3, 0.4) is 0 Å². The molecule has 0 aromatic carbocycles. The normalized spacial score (nSPS) is 26.8. The lowest BCUT2D eigenvalue weighted by Crippen LogP contribution is -2.55. The third-order valence-corrected chi connectivity index (χ3v) is 9.94. The van der Waals surface area contributed by atoms with Crippen molar-refractivity contribution in [3.8, 4) is 0 Å². The number of carbonyl (C=O) groups is 2. The highest BCUT2D eigenvalue weighted by Gasteiger charge is 2.43. The van der Waals surface area contributed by atoms with Gasteiger partial charge in [-0.2, -0.15) is 4.98 Å². The van der Waals surface area contributed by atoms with Gasteiger partial charge in [-0.15, -0.1) is 0 Å². The van der Waals surface area contributed by atoms with Crippen molar-refractivity contribution >= 4 is 52.4 Å². The zero-order valence-corrected chi connectivity index (χ0v) is 28.7. The summed E-state index contributed by atoms with van der Waals surface area (Å²) in [6.45, 7) is 11.7. The van der Waals surface area contributed by atoms with Crippen LogP contribution in [-0.4, -0.2) is 89.9 Å². The van der Waals surface area contributed by atoms with E-state index >= 15 is 0 Å². The highest BCUT2D eigenvalue weighted by atomic mass is 35.5. The van der Waals surface area contributed by atoms with Gasteiger partial charge in [-0.1, -0.05) is 11.6 Å². The summed E-state index contributed by atoms with van der Waals surface area (Å²) in [5.74, 6) is -0.775. The molecule has 6 heterocycles. The predicted octanol–water partition coefficient (Wildman–Crippen LogP) is 4.28. The Morgan fingerprint density at radius 1 is 0.822 bits per heavy atom. The van der Waals surface area contributed by atoms with Crippen LogP contribution >= 0.6 is 34.8 Å². The maximum atomic E-state index is 11.5. The number of amides is 2. The summed E-state index contributed by atoms with van der Waals surface area (Å²) in [5.41, 5.74) is 17.2. The second-order valence-corrected chi connectivity index (χ2v) is 14.6. The number of hydrogen-bond donors (Lipinski definition) is 4. The number of nitrogens with zero attached hydrogens (tertiary/aromatic N) is 6. The molecule has 7 N–H and O–H groups in total. The maximum Gasteiger partial charge on any atom is 0.254 e. The van der Waals surface area contributed by atoms with E-state index in [2.05, 4.69) is 62.7 Å². The Kier molecular flexibility index (Phi) is 11.5. The van der Waals surface area contributed by atoms with Gasteiger partial charge in [0.1, 0.15) is 11.0 Å². The maximum absolute atomic E-state index is 11.5. The molecule has 0 saturated carbocycles. The SMILES string of the molecule is CC1(C)C[C@H](N)C[C@@H]2CCCN21.CC1(C)C[C@H](Nc2nc(Cl)ncc2C(N)=O)C[C@@H]2CCCN21.NC(=O)c1cnc(Cl)nc1Cl. The lowest BCUT2D eigenvalue weighted by atomic mass is 9.84. The fourth-order valence-corrected chi connectivity index (χ4v) is 8.07. The Labute approximate surface area is 280 Å². The number of halogens is 3. The number of piperidine rings is 2. The molecule has 2 aromatic rings. The standard InChI is InChI=1S/C15H22ClN5O.C10H20N2.C5H3Cl2N3O/c1-15(2)7-9(6-10-4-3-5-21(10)15)19-13-11(12(17)22)8-18-14(16)20-13;1-10(2)7-8(11)6-9-4-3-5-12(9)10;6-3-2(4(8)11)1-9-5(7)10-3/h8-10H,3-7H2,1-2H3,(H2,17,22)(H,18,19,20);8-9H,3-7,11H2,1-2H3;1H,(H2,8,11)/t9-,10+;8-,9+;/m11./s1. The summed E-state index contributed by atoms with van der Waals surface area (Å²) in [4.78, 5) is 42.4. The van der Waals surface area contributed by atoms with Gasteiger partial charge < -0.3 is 22.5 Å². The van der Waals surface area contributed by atoms with Gasteiger partial charge in [-0.05, 0) is 115 Å². The van der Waals surface area contributed by atoms with E-state index in [4.69, 9.17) is 52.0 Å². The van der Waals surface area contributed by atoms with Gasteiger partial charge in [0.2, 0.25) is 10.6 Å². The van der Waals surface area contributed by atoms with Crippen molar-refractivity contribution in [2.75, 3.05) is 18.4 Å². The molecule has 2 aromatic heterocycles. The molecule has 0 bridgehead atoms. The van der Waals surface area contributed by atoms with Crippen molar-refractivity contribution in [3.05, 3.63) is 39.2 Å². The predicted molar refractivity (Wildman–Crippen MR) is 178 cm³/mol. The summed E-state index contributed by atoms with van der Waals surface area (Å²) < 4.78 is 0. The molecule has 4 saturated heterocycles. The molecular formula is C30H45Cl3N10O2. The summed E-state index contributed by atoms with van der Waals surface area (Å²) in [6, 6.07) is 2.08. The van der Waals surface area contributed by atoms with Crippen molar-refractivity contribution in [3.63, 3.8) is 0 Å². The van der Waals surface area contributed by atoms with Crippen molar-refractivity contribution in [2.45, 2.75) is 114 Å². The minimum Gasteiger partial charge on any atom is -0.366 e. The van der Waals surface area contributed by atoms with E-state index in [-0.39, 0.29) is 38.4 Å². The summed E-state index contributed by atoms with van der Waals surface area (Å²) >= 11 is 16.7. The van der Waals surface area contributed by atoms with E-state index in [0.717, 1.165) is 18.9 Å². The lowest BCUT2D eigenvalue weighted by molar-refractivity contribution is 0.0462. The molecule has 248 valence electrons. The van der Waals surface area contributed by atoms with Gasteiger partial charge in [0.05, 0.1) is 11.1 Å². The molecule has 0 radical (unpaired) electrons. The van der Waals surface area contributed by atoms with E-state index in [1.54, 1.807) is 0 Å². The molecule has 15 heteroatoms. The second-order valence-electron chi connectivity index (χ2n) is 13.6. The van der Waals surface area contributed by atoms with Crippen molar-refractivity contribution < 1.29 is 9.59 Å². The van der Waals surface area contributed by atoms with Gasteiger partial charge in [-0.25, -0.2) is 15.0 Å². The molecule has 12 nitrogen and oxygen atoms in total. The molecule has 6 rings (SSSR count). The first-order valence-electron chi connectivity index (χ1n) is 15.4. The van der Waals surface area contributed by atoms with Gasteiger partial charge in [0.25, 0.3) is 11.8 Å². The van der Waals surface area contributed by atoms with E-state index in [1.807, 2.05) is 0 Å². The molecule has 4 aliphatic rings. The van der Waals surface area contributed by atoms with Crippen molar-refractivity contribution in [2.24, 2.45) is 17.2 Å². The molecule has 0 unspecified atom stereocenters. The van der Waals surface area contributed by atoms with E-state index in [1.165, 1.54) is 64.0 Å². The minimum atomic E-state index is -0.674. The number of aromatic nitrogens is 4. The summed E-state index contributed by atoms with van der Waals surface area (Å²) in [7, 11) is 0. The third-order valence-electron chi connectivity index (χ3n) is 9.29. The number of nitrogens with one attached hydrogen (secondary N) is 1. The van der Waals surface area contributed by atoms with Gasteiger partial charge in [0.15, 0.2) is 0 Å². The van der Waals surface area contributed by atoms with Crippen LogP contribution in [0.15, 0.2) is 12.4 Å². The van der Waals surface area contributed by atoms with Crippen molar-refractivity contribution in [1.29, 1.82) is 0 Å². The Hall–Kier alpha value is -2.35. The molecule has 4 atom stereocenters. The fourth-order valence-electron chi connectivity index (χ4n) is 7.54. The number of carbonyl (C=O) groups excluding carboxylic acids is 2. The zero-order valence-electron chi connectivity index (χ0n) is 26.4. The smallest absolute Gasteiger partial charge is 0.254 e. The Morgan fingerprint density at radius 3 is 1.89 bits per heavy atom. The van der Waals surface area contributed by atoms with Gasteiger partial charge in [-0.3, -0.25) is 19.4 Å².